The molecule has 2 heterocycles. The lowest BCUT2D eigenvalue weighted by Gasteiger charge is -2.10. The monoisotopic (exact) mass is 263 g/mol. The molecular weight excluding hydrogens is 250 g/mol. The first-order chi connectivity index (χ1) is 8.65. The summed E-state index contributed by atoms with van der Waals surface area (Å²) in [6, 6.07) is 3.39. The summed E-state index contributed by atoms with van der Waals surface area (Å²) in [5, 5.41) is 8.05. The first-order valence-electron chi connectivity index (χ1n) is 5.26. The standard InChI is InChI=1S/C11H13N5OS/c1-16(2)10-12-6-8(7-13-10)14-11(17)15-9-4-3-5-18-9/h3-7H,1-2H3,(H2,14,15,17). The van der Waals surface area contributed by atoms with Crippen LogP contribution in [-0.4, -0.2) is 30.1 Å². The molecule has 0 atom stereocenters. The highest BCUT2D eigenvalue weighted by molar-refractivity contribution is 7.14. The molecular formula is C11H13N5OS. The van der Waals surface area contributed by atoms with Crippen LogP contribution in [0.5, 0.6) is 0 Å². The quantitative estimate of drug-likeness (QED) is 0.891. The topological polar surface area (TPSA) is 70.2 Å². The Balaban J connectivity index is 1.95. The molecule has 7 heteroatoms. The largest absolute Gasteiger partial charge is 0.347 e. The second-order valence-corrected chi connectivity index (χ2v) is 4.67. The molecule has 0 saturated heterocycles. The third-order valence-electron chi connectivity index (χ3n) is 2.05. The van der Waals surface area contributed by atoms with Gasteiger partial charge in [0.05, 0.1) is 23.1 Å². The zero-order valence-corrected chi connectivity index (χ0v) is 10.9. The SMILES string of the molecule is CN(C)c1ncc(NC(=O)Nc2cccs2)cn1. The number of amides is 2. The fraction of sp³-hybridized carbons (Fsp3) is 0.182. The molecule has 2 aromatic rings. The number of carbonyl (C=O) groups excluding carboxylic acids is 1. The minimum atomic E-state index is -0.307. The average Bonchev–Trinajstić information content (AvgIpc) is 2.82. The highest BCUT2D eigenvalue weighted by atomic mass is 32.1. The summed E-state index contributed by atoms with van der Waals surface area (Å²) < 4.78 is 0. The highest BCUT2D eigenvalue weighted by Crippen LogP contribution is 2.15. The lowest BCUT2D eigenvalue weighted by Crippen LogP contribution is -2.19. The number of aromatic nitrogens is 2. The molecule has 0 bridgehead atoms. The van der Waals surface area contributed by atoms with Gasteiger partial charge in [-0.1, -0.05) is 0 Å². The van der Waals surface area contributed by atoms with Crippen molar-refractivity contribution in [2.24, 2.45) is 0 Å². The molecule has 0 unspecified atom stereocenters. The molecule has 0 saturated carbocycles. The van der Waals surface area contributed by atoms with Crippen molar-refractivity contribution in [3.8, 4) is 0 Å². The van der Waals surface area contributed by atoms with Crippen molar-refractivity contribution in [3.63, 3.8) is 0 Å². The van der Waals surface area contributed by atoms with E-state index in [-0.39, 0.29) is 6.03 Å². The maximum absolute atomic E-state index is 11.6. The van der Waals surface area contributed by atoms with Crippen LogP contribution in [0.15, 0.2) is 29.9 Å². The zero-order chi connectivity index (χ0) is 13.0. The minimum absolute atomic E-state index is 0.307. The first-order valence-corrected chi connectivity index (χ1v) is 6.14. The third-order valence-corrected chi connectivity index (χ3v) is 2.84. The van der Waals surface area contributed by atoms with Crippen molar-refractivity contribution in [3.05, 3.63) is 29.9 Å². The molecule has 0 radical (unpaired) electrons. The number of rotatable bonds is 3. The molecule has 2 N–H and O–H groups in total. The van der Waals surface area contributed by atoms with Gasteiger partial charge in [0.25, 0.3) is 0 Å². The Morgan fingerprint density at radius 2 is 2.00 bits per heavy atom. The van der Waals surface area contributed by atoms with Gasteiger partial charge in [-0.25, -0.2) is 14.8 Å². The van der Waals surface area contributed by atoms with Crippen molar-refractivity contribution in [1.29, 1.82) is 0 Å². The maximum atomic E-state index is 11.6. The van der Waals surface area contributed by atoms with Gasteiger partial charge in [0.2, 0.25) is 5.95 Å². The van der Waals surface area contributed by atoms with Crippen LogP contribution in [0.25, 0.3) is 0 Å². The Hall–Kier alpha value is -2.15. The Bertz CT molecular complexity index is 509. The summed E-state index contributed by atoms with van der Waals surface area (Å²) in [6.07, 6.45) is 3.13. The summed E-state index contributed by atoms with van der Waals surface area (Å²) >= 11 is 1.46. The van der Waals surface area contributed by atoms with E-state index >= 15 is 0 Å². The van der Waals surface area contributed by atoms with Gasteiger partial charge < -0.3 is 10.2 Å². The summed E-state index contributed by atoms with van der Waals surface area (Å²) in [7, 11) is 3.71. The van der Waals surface area contributed by atoms with Gasteiger partial charge in [-0.3, -0.25) is 5.32 Å². The van der Waals surface area contributed by atoms with Crippen LogP contribution in [0.3, 0.4) is 0 Å². The van der Waals surface area contributed by atoms with E-state index in [2.05, 4.69) is 20.6 Å². The van der Waals surface area contributed by atoms with Gasteiger partial charge in [0, 0.05) is 14.1 Å². The number of urea groups is 1. The van der Waals surface area contributed by atoms with E-state index in [9.17, 15) is 4.79 Å². The van der Waals surface area contributed by atoms with Crippen LogP contribution >= 0.6 is 11.3 Å². The van der Waals surface area contributed by atoms with Crippen molar-refractivity contribution >= 4 is 34.0 Å². The fourth-order valence-electron chi connectivity index (χ4n) is 1.24. The van der Waals surface area contributed by atoms with Crippen LogP contribution in [0, 0.1) is 0 Å². The summed E-state index contributed by atoms with van der Waals surface area (Å²) in [4.78, 5) is 21.6. The van der Waals surface area contributed by atoms with Gasteiger partial charge >= 0.3 is 6.03 Å². The smallest absolute Gasteiger partial charge is 0.324 e. The predicted molar refractivity (Wildman–Crippen MR) is 73.3 cm³/mol. The molecule has 0 aromatic carbocycles. The lowest BCUT2D eigenvalue weighted by atomic mass is 10.5. The Morgan fingerprint density at radius 1 is 1.28 bits per heavy atom. The Morgan fingerprint density at radius 3 is 2.56 bits per heavy atom. The number of hydrogen-bond donors (Lipinski definition) is 2. The molecule has 2 amide bonds. The number of nitrogens with one attached hydrogen (secondary N) is 2. The molecule has 2 aromatic heterocycles. The maximum Gasteiger partial charge on any atom is 0.324 e. The van der Waals surface area contributed by atoms with E-state index in [4.69, 9.17) is 0 Å². The molecule has 0 aliphatic rings. The van der Waals surface area contributed by atoms with Crippen molar-refractivity contribution in [2.45, 2.75) is 0 Å². The van der Waals surface area contributed by atoms with Gasteiger partial charge in [0.15, 0.2) is 0 Å². The van der Waals surface area contributed by atoms with Gasteiger partial charge in [-0.15, -0.1) is 11.3 Å². The third kappa shape index (κ3) is 3.17. The van der Waals surface area contributed by atoms with Crippen LogP contribution in [0.4, 0.5) is 21.4 Å². The summed E-state index contributed by atoms with van der Waals surface area (Å²) in [6.45, 7) is 0. The Labute approximate surface area is 109 Å². The zero-order valence-electron chi connectivity index (χ0n) is 10.0. The number of nitrogens with zero attached hydrogens (tertiary/aromatic N) is 3. The van der Waals surface area contributed by atoms with Crippen molar-refractivity contribution in [2.75, 3.05) is 29.6 Å². The fourth-order valence-corrected chi connectivity index (χ4v) is 1.85. The number of hydrogen-bond acceptors (Lipinski definition) is 5. The molecule has 94 valence electrons. The van der Waals surface area contributed by atoms with E-state index in [0.29, 0.717) is 11.6 Å². The van der Waals surface area contributed by atoms with Crippen LogP contribution < -0.4 is 15.5 Å². The van der Waals surface area contributed by atoms with Gasteiger partial charge in [-0.2, -0.15) is 0 Å². The van der Waals surface area contributed by atoms with Crippen LogP contribution in [0.2, 0.25) is 0 Å². The second kappa shape index (κ2) is 5.46. The molecule has 0 aliphatic carbocycles. The number of anilines is 3. The van der Waals surface area contributed by atoms with Crippen LogP contribution in [-0.2, 0) is 0 Å². The summed E-state index contributed by atoms with van der Waals surface area (Å²) in [5.74, 6) is 0.596. The molecule has 2 rings (SSSR count). The molecule has 0 aliphatic heterocycles. The molecule has 6 nitrogen and oxygen atoms in total. The van der Waals surface area contributed by atoms with Gasteiger partial charge in [0.1, 0.15) is 0 Å². The average molecular weight is 263 g/mol. The normalized spacial score (nSPS) is 9.89. The highest BCUT2D eigenvalue weighted by Gasteiger charge is 2.04. The van der Waals surface area contributed by atoms with Crippen LogP contribution in [0.1, 0.15) is 0 Å². The number of carbonyl (C=O) groups is 1. The van der Waals surface area contributed by atoms with E-state index in [1.54, 1.807) is 17.3 Å². The van der Waals surface area contributed by atoms with E-state index in [1.807, 2.05) is 31.6 Å². The Kier molecular flexibility index (Phi) is 3.73. The van der Waals surface area contributed by atoms with Gasteiger partial charge in [-0.05, 0) is 17.5 Å². The molecule has 0 spiro atoms. The minimum Gasteiger partial charge on any atom is -0.347 e. The lowest BCUT2D eigenvalue weighted by molar-refractivity contribution is 0.262. The van der Waals surface area contributed by atoms with Crippen molar-refractivity contribution in [1.82, 2.24) is 9.97 Å². The molecule has 18 heavy (non-hydrogen) atoms. The van der Waals surface area contributed by atoms with E-state index < -0.39 is 0 Å². The predicted octanol–water partition coefficient (Wildman–Crippen LogP) is 2.25. The van der Waals surface area contributed by atoms with Crippen molar-refractivity contribution < 1.29 is 4.79 Å². The van der Waals surface area contributed by atoms with E-state index in [1.165, 1.54) is 11.3 Å². The summed E-state index contributed by atoms with van der Waals surface area (Å²) in [5.41, 5.74) is 0.551. The second-order valence-electron chi connectivity index (χ2n) is 3.72. The number of thiophene rings is 1. The molecule has 0 fully saturated rings. The first kappa shape index (κ1) is 12.3. The van der Waals surface area contributed by atoms with E-state index in [0.717, 1.165) is 5.00 Å².